The number of hydrogen-bond acceptors (Lipinski definition) is 6. The molecular formula is C13H23N3O2S. The Bertz CT molecular complexity index is 391. The number of carbonyl (C=O) groups is 1. The van der Waals surface area contributed by atoms with Crippen LogP contribution in [0.15, 0.2) is 5.51 Å². The van der Waals surface area contributed by atoms with Crippen LogP contribution >= 0.6 is 11.3 Å². The predicted octanol–water partition coefficient (Wildman–Crippen LogP) is 1.60. The van der Waals surface area contributed by atoms with Crippen LogP contribution in [0.2, 0.25) is 0 Å². The van der Waals surface area contributed by atoms with E-state index in [1.54, 1.807) is 5.51 Å². The molecule has 0 aliphatic carbocycles. The highest BCUT2D eigenvalue weighted by Crippen LogP contribution is 2.22. The SMILES string of the molecule is CCN(CC)CCNC(C(=O)OC)c1scnc1C. The molecule has 0 spiro atoms. The molecule has 0 saturated heterocycles. The standard InChI is InChI=1S/C13H23N3O2S/c1-5-16(6-2)8-7-14-11(13(17)18-4)12-10(3)15-9-19-12/h9,11,14H,5-8H2,1-4H3. The average Bonchev–Trinajstić information content (AvgIpc) is 2.84. The maximum atomic E-state index is 11.9. The van der Waals surface area contributed by atoms with Crippen molar-refractivity contribution in [3.63, 3.8) is 0 Å². The molecule has 108 valence electrons. The highest BCUT2D eigenvalue weighted by atomic mass is 32.1. The van der Waals surface area contributed by atoms with E-state index in [0.29, 0.717) is 0 Å². The van der Waals surface area contributed by atoms with Gasteiger partial charge in [-0.3, -0.25) is 5.32 Å². The fraction of sp³-hybridized carbons (Fsp3) is 0.692. The Morgan fingerprint density at radius 2 is 2.21 bits per heavy atom. The highest BCUT2D eigenvalue weighted by Gasteiger charge is 2.24. The molecule has 0 aliphatic rings. The van der Waals surface area contributed by atoms with E-state index in [1.807, 2.05) is 6.92 Å². The molecule has 19 heavy (non-hydrogen) atoms. The Morgan fingerprint density at radius 3 is 2.68 bits per heavy atom. The largest absolute Gasteiger partial charge is 0.468 e. The molecule has 1 atom stereocenters. The third-order valence-corrected chi connectivity index (χ3v) is 4.15. The third kappa shape index (κ3) is 4.56. The maximum Gasteiger partial charge on any atom is 0.328 e. The van der Waals surface area contributed by atoms with Crippen LogP contribution < -0.4 is 5.32 Å². The quantitative estimate of drug-likeness (QED) is 0.735. The Hall–Kier alpha value is -0.980. The second-order valence-electron chi connectivity index (χ2n) is 4.24. The molecule has 5 nitrogen and oxygen atoms in total. The Balaban J connectivity index is 2.62. The first-order valence-electron chi connectivity index (χ1n) is 6.57. The van der Waals surface area contributed by atoms with Crippen LogP contribution in [-0.4, -0.2) is 49.1 Å². The van der Waals surface area contributed by atoms with Crippen LogP contribution in [0, 0.1) is 6.92 Å². The van der Waals surface area contributed by atoms with Crippen molar-refractivity contribution in [3.05, 3.63) is 16.1 Å². The molecule has 0 amide bonds. The van der Waals surface area contributed by atoms with E-state index in [9.17, 15) is 4.79 Å². The molecule has 0 bridgehead atoms. The lowest BCUT2D eigenvalue weighted by Gasteiger charge is -2.21. The van der Waals surface area contributed by atoms with Crippen LogP contribution in [0.5, 0.6) is 0 Å². The molecule has 0 fully saturated rings. The Labute approximate surface area is 119 Å². The number of ether oxygens (including phenoxy) is 1. The second-order valence-corrected chi connectivity index (χ2v) is 5.13. The Morgan fingerprint density at radius 1 is 1.53 bits per heavy atom. The van der Waals surface area contributed by atoms with Gasteiger partial charge in [0.25, 0.3) is 0 Å². The van der Waals surface area contributed by atoms with E-state index in [-0.39, 0.29) is 5.97 Å². The number of nitrogens with one attached hydrogen (secondary N) is 1. The van der Waals surface area contributed by atoms with E-state index in [2.05, 4.69) is 29.0 Å². The number of likely N-dealkylation sites (N-methyl/N-ethyl adjacent to an activating group) is 1. The summed E-state index contributed by atoms with van der Waals surface area (Å²) < 4.78 is 4.87. The zero-order valence-electron chi connectivity index (χ0n) is 12.1. The van der Waals surface area contributed by atoms with Crippen molar-refractivity contribution in [3.8, 4) is 0 Å². The molecule has 0 aromatic carbocycles. The predicted molar refractivity (Wildman–Crippen MR) is 77.4 cm³/mol. The van der Waals surface area contributed by atoms with Gasteiger partial charge in [-0.25, -0.2) is 9.78 Å². The average molecular weight is 285 g/mol. The van der Waals surface area contributed by atoms with Gasteiger partial charge in [0.05, 0.1) is 23.2 Å². The molecule has 1 aromatic rings. The minimum absolute atomic E-state index is 0.258. The van der Waals surface area contributed by atoms with Crippen molar-refractivity contribution in [2.45, 2.75) is 26.8 Å². The van der Waals surface area contributed by atoms with Gasteiger partial charge in [-0.05, 0) is 20.0 Å². The summed E-state index contributed by atoms with van der Waals surface area (Å²) in [6.45, 7) is 9.87. The summed E-state index contributed by atoms with van der Waals surface area (Å²) in [6, 6.07) is -0.409. The number of nitrogens with zero attached hydrogens (tertiary/aromatic N) is 2. The van der Waals surface area contributed by atoms with Crippen LogP contribution in [0.3, 0.4) is 0 Å². The third-order valence-electron chi connectivity index (χ3n) is 3.15. The molecular weight excluding hydrogens is 262 g/mol. The van der Waals surface area contributed by atoms with Gasteiger partial charge in [0, 0.05) is 13.1 Å². The molecule has 1 heterocycles. The van der Waals surface area contributed by atoms with E-state index in [1.165, 1.54) is 18.4 Å². The highest BCUT2D eigenvalue weighted by molar-refractivity contribution is 7.10. The first-order valence-corrected chi connectivity index (χ1v) is 7.45. The molecule has 0 saturated carbocycles. The number of aromatic nitrogens is 1. The first kappa shape index (κ1) is 16.1. The summed E-state index contributed by atoms with van der Waals surface area (Å²) in [7, 11) is 1.41. The Kier molecular flexibility index (Phi) is 6.97. The van der Waals surface area contributed by atoms with Crippen molar-refractivity contribution in [2.75, 3.05) is 33.3 Å². The normalized spacial score (nSPS) is 12.7. The number of aryl methyl sites for hydroxylation is 1. The number of methoxy groups -OCH3 is 1. The summed E-state index contributed by atoms with van der Waals surface area (Å²) in [5, 5.41) is 3.27. The monoisotopic (exact) mass is 285 g/mol. The smallest absolute Gasteiger partial charge is 0.328 e. The van der Waals surface area contributed by atoms with Crippen molar-refractivity contribution in [1.29, 1.82) is 0 Å². The van der Waals surface area contributed by atoms with Crippen molar-refractivity contribution in [2.24, 2.45) is 0 Å². The summed E-state index contributed by atoms with van der Waals surface area (Å²) in [5.41, 5.74) is 2.64. The van der Waals surface area contributed by atoms with Gasteiger partial charge in [-0.1, -0.05) is 13.8 Å². The van der Waals surface area contributed by atoms with Gasteiger partial charge >= 0.3 is 5.97 Å². The van der Waals surface area contributed by atoms with Gasteiger partial charge in [-0.15, -0.1) is 11.3 Å². The fourth-order valence-electron chi connectivity index (χ4n) is 1.90. The van der Waals surface area contributed by atoms with E-state index < -0.39 is 6.04 Å². The van der Waals surface area contributed by atoms with E-state index in [0.717, 1.165) is 36.8 Å². The maximum absolute atomic E-state index is 11.9. The number of thiazole rings is 1. The first-order chi connectivity index (χ1) is 9.13. The zero-order chi connectivity index (χ0) is 14.3. The minimum atomic E-state index is -0.409. The van der Waals surface area contributed by atoms with Crippen molar-refractivity contribution < 1.29 is 9.53 Å². The van der Waals surface area contributed by atoms with Gasteiger partial charge in [0.2, 0.25) is 0 Å². The van der Waals surface area contributed by atoms with Crippen molar-refractivity contribution >= 4 is 17.3 Å². The number of esters is 1. The lowest BCUT2D eigenvalue weighted by molar-refractivity contribution is -0.143. The van der Waals surface area contributed by atoms with E-state index in [4.69, 9.17) is 4.74 Å². The zero-order valence-corrected chi connectivity index (χ0v) is 12.9. The van der Waals surface area contributed by atoms with Crippen molar-refractivity contribution in [1.82, 2.24) is 15.2 Å². The number of carbonyl (C=O) groups excluding carboxylic acids is 1. The summed E-state index contributed by atoms with van der Waals surface area (Å²) in [5.74, 6) is -0.258. The van der Waals surface area contributed by atoms with Crippen LogP contribution in [0.4, 0.5) is 0 Å². The summed E-state index contributed by atoms with van der Waals surface area (Å²) >= 11 is 1.48. The molecule has 1 unspecified atom stereocenters. The number of hydrogen-bond donors (Lipinski definition) is 1. The molecule has 6 heteroatoms. The molecule has 0 radical (unpaired) electrons. The topological polar surface area (TPSA) is 54.5 Å². The van der Waals surface area contributed by atoms with E-state index >= 15 is 0 Å². The molecule has 1 N–H and O–H groups in total. The van der Waals surface area contributed by atoms with Gasteiger partial charge in [0.15, 0.2) is 0 Å². The molecule has 0 aliphatic heterocycles. The molecule has 1 rings (SSSR count). The molecule has 1 aromatic heterocycles. The van der Waals surface area contributed by atoms with Crippen LogP contribution in [0.1, 0.15) is 30.5 Å². The van der Waals surface area contributed by atoms with Crippen LogP contribution in [-0.2, 0) is 9.53 Å². The van der Waals surface area contributed by atoms with Crippen LogP contribution in [0.25, 0.3) is 0 Å². The van der Waals surface area contributed by atoms with Gasteiger partial charge in [-0.2, -0.15) is 0 Å². The number of rotatable bonds is 8. The lowest BCUT2D eigenvalue weighted by atomic mass is 10.2. The summed E-state index contributed by atoms with van der Waals surface area (Å²) in [6.07, 6.45) is 0. The van der Waals surface area contributed by atoms with Gasteiger partial charge < -0.3 is 9.64 Å². The second kappa shape index (κ2) is 8.24. The minimum Gasteiger partial charge on any atom is -0.468 e. The fourth-order valence-corrected chi connectivity index (χ4v) is 2.76. The van der Waals surface area contributed by atoms with Gasteiger partial charge in [0.1, 0.15) is 6.04 Å². The lowest BCUT2D eigenvalue weighted by Crippen LogP contribution is -2.36. The summed E-state index contributed by atoms with van der Waals surface area (Å²) in [4.78, 5) is 19.3.